The Labute approximate surface area is 111 Å². The van der Waals surface area contributed by atoms with Gasteiger partial charge in [0.15, 0.2) is 0 Å². The van der Waals surface area contributed by atoms with Crippen LogP contribution >= 0.6 is 0 Å². The summed E-state index contributed by atoms with van der Waals surface area (Å²) in [6.07, 6.45) is 1.18. The van der Waals surface area contributed by atoms with Crippen LogP contribution in [0.2, 0.25) is 0 Å². The highest BCUT2D eigenvalue weighted by atomic mass is 19.1. The molecule has 5 nitrogen and oxygen atoms in total. The van der Waals surface area contributed by atoms with Crippen LogP contribution < -0.4 is 11.2 Å². The minimum Gasteiger partial charge on any atom is -0.399 e. The molecule has 1 aromatic rings. The molecule has 7 heteroatoms. The van der Waals surface area contributed by atoms with E-state index >= 15 is 0 Å². The van der Waals surface area contributed by atoms with Crippen molar-refractivity contribution in [2.75, 3.05) is 0 Å². The van der Waals surface area contributed by atoms with Crippen molar-refractivity contribution in [2.45, 2.75) is 38.9 Å². The summed E-state index contributed by atoms with van der Waals surface area (Å²) in [5.74, 6) is -1.44. The average molecular weight is 266 g/mol. The number of hydrogen-bond acceptors (Lipinski definition) is 4. The maximum atomic E-state index is 14.0. The lowest BCUT2D eigenvalue weighted by molar-refractivity contribution is 0.00578. The van der Waals surface area contributed by atoms with Gasteiger partial charge in [0.25, 0.3) is 5.91 Å². The summed E-state index contributed by atoms with van der Waals surface area (Å²) < 4.78 is 25.4. The summed E-state index contributed by atoms with van der Waals surface area (Å²) in [4.78, 5) is 15.1. The maximum Gasteiger partial charge on any atom is 0.500 e. The zero-order chi connectivity index (χ0) is 14.4. The number of primary amides is 1. The third-order valence-corrected chi connectivity index (χ3v) is 3.66. The van der Waals surface area contributed by atoms with Gasteiger partial charge < -0.3 is 15.0 Å². The van der Waals surface area contributed by atoms with Crippen molar-refractivity contribution < 1.29 is 18.5 Å². The van der Waals surface area contributed by atoms with Gasteiger partial charge in [0.05, 0.1) is 11.2 Å². The predicted molar refractivity (Wildman–Crippen MR) is 68.4 cm³/mol. The van der Waals surface area contributed by atoms with Gasteiger partial charge in [-0.3, -0.25) is 9.78 Å². The van der Waals surface area contributed by atoms with Gasteiger partial charge in [0.1, 0.15) is 11.5 Å². The van der Waals surface area contributed by atoms with E-state index in [0.717, 1.165) is 6.07 Å². The zero-order valence-electron chi connectivity index (χ0n) is 11.4. The number of carbonyl (C=O) groups excluding carboxylic acids is 1. The summed E-state index contributed by atoms with van der Waals surface area (Å²) in [5.41, 5.74) is 3.73. The highest BCUT2D eigenvalue weighted by Gasteiger charge is 2.53. The maximum absolute atomic E-state index is 14.0. The molecule has 0 atom stereocenters. The highest BCUT2D eigenvalue weighted by Crippen LogP contribution is 2.36. The number of hydrogen-bond donors (Lipinski definition) is 1. The zero-order valence-corrected chi connectivity index (χ0v) is 11.4. The number of rotatable bonds is 2. The average Bonchev–Trinajstić information content (AvgIpc) is 2.47. The first kappa shape index (κ1) is 14.0. The lowest BCUT2D eigenvalue weighted by atomic mass is 9.77. The molecule has 0 saturated carbocycles. The lowest BCUT2D eigenvalue weighted by Crippen LogP contribution is -2.42. The van der Waals surface area contributed by atoms with Crippen LogP contribution in [-0.4, -0.2) is 29.2 Å². The van der Waals surface area contributed by atoms with E-state index in [1.165, 1.54) is 6.20 Å². The number of nitrogens with two attached hydrogens (primary N) is 1. The van der Waals surface area contributed by atoms with Crippen LogP contribution in [0.1, 0.15) is 38.2 Å². The Kier molecular flexibility index (Phi) is 3.14. The van der Waals surface area contributed by atoms with Crippen LogP contribution in [0.3, 0.4) is 0 Å². The molecular weight excluding hydrogens is 250 g/mol. The Morgan fingerprint density at radius 1 is 1.32 bits per heavy atom. The van der Waals surface area contributed by atoms with Crippen molar-refractivity contribution in [3.8, 4) is 0 Å². The lowest BCUT2D eigenvalue weighted by Gasteiger charge is -2.32. The monoisotopic (exact) mass is 266 g/mol. The topological polar surface area (TPSA) is 74.4 Å². The van der Waals surface area contributed by atoms with E-state index in [1.54, 1.807) is 0 Å². The molecule has 0 aliphatic carbocycles. The van der Waals surface area contributed by atoms with E-state index in [-0.39, 0.29) is 11.2 Å². The minimum atomic E-state index is -0.999. The summed E-state index contributed by atoms with van der Waals surface area (Å²) >= 11 is 0. The van der Waals surface area contributed by atoms with Crippen molar-refractivity contribution in [2.24, 2.45) is 5.73 Å². The molecule has 0 radical (unpaired) electrons. The summed E-state index contributed by atoms with van der Waals surface area (Å²) in [6, 6.07) is 1.15. The SMILES string of the molecule is CC1(C)OB(c2c(F)ccnc2C(N)=O)OC1(C)C. The van der Waals surface area contributed by atoms with Crippen molar-refractivity contribution >= 4 is 18.5 Å². The first-order valence-corrected chi connectivity index (χ1v) is 5.95. The fourth-order valence-electron chi connectivity index (χ4n) is 1.83. The second kappa shape index (κ2) is 4.28. The first-order valence-electron chi connectivity index (χ1n) is 5.95. The predicted octanol–water partition coefficient (Wildman–Crippen LogP) is 0.619. The Morgan fingerprint density at radius 3 is 2.32 bits per heavy atom. The van der Waals surface area contributed by atoms with E-state index < -0.39 is 30.0 Å². The fraction of sp³-hybridized carbons (Fsp3) is 0.500. The number of aromatic nitrogens is 1. The fourth-order valence-corrected chi connectivity index (χ4v) is 1.83. The Morgan fingerprint density at radius 2 is 1.84 bits per heavy atom. The molecule has 0 aromatic carbocycles. The molecule has 2 heterocycles. The van der Waals surface area contributed by atoms with Crippen LogP contribution in [0, 0.1) is 5.82 Å². The number of nitrogens with zero attached hydrogens (tertiary/aromatic N) is 1. The second-order valence-corrected chi connectivity index (χ2v) is 5.51. The molecule has 2 N–H and O–H groups in total. The van der Waals surface area contributed by atoms with Crippen LogP contribution in [0.5, 0.6) is 0 Å². The van der Waals surface area contributed by atoms with Crippen LogP contribution in [0.15, 0.2) is 12.3 Å². The molecule has 2 rings (SSSR count). The van der Waals surface area contributed by atoms with Gasteiger partial charge >= 0.3 is 7.12 Å². The van der Waals surface area contributed by atoms with Gasteiger partial charge in [-0.25, -0.2) is 4.39 Å². The highest BCUT2D eigenvalue weighted by molar-refractivity contribution is 6.63. The molecule has 0 unspecified atom stereocenters. The molecule has 1 fully saturated rings. The molecule has 1 aliphatic rings. The van der Waals surface area contributed by atoms with Gasteiger partial charge in [-0.15, -0.1) is 0 Å². The quantitative estimate of drug-likeness (QED) is 0.796. The molecule has 0 bridgehead atoms. The number of halogens is 1. The summed E-state index contributed by atoms with van der Waals surface area (Å²) in [5, 5.41) is 0. The molecule has 1 aromatic heterocycles. The van der Waals surface area contributed by atoms with E-state index in [2.05, 4.69) is 4.98 Å². The second-order valence-electron chi connectivity index (χ2n) is 5.51. The summed E-state index contributed by atoms with van der Waals surface area (Å²) in [7, 11) is -0.999. The van der Waals surface area contributed by atoms with Gasteiger partial charge in [-0.2, -0.15) is 0 Å². The molecule has 1 amide bonds. The Hall–Kier alpha value is -1.47. The smallest absolute Gasteiger partial charge is 0.399 e. The van der Waals surface area contributed by atoms with E-state index in [0.29, 0.717) is 0 Å². The Balaban J connectivity index is 2.48. The molecule has 102 valence electrons. The molecule has 19 heavy (non-hydrogen) atoms. The summed E-state index contributed by atoms with van der Waals surface area (Å²) in [6.45, 7) is 7.35. The standard InChI is InChI=1S/C12H16BFN2O3/c1-11(2)12(3,4)19-13(18-11)8-7(14)5-6-16-9(8)10(15)17/h5-6H,1-4H3,(H2,15,17). The van der Waals surface area contributed by atoms with Crippen molar-refractivity contribution in [3.05, 3.63) is 23.8 Å². The van der Waals surface area contributed by atoms with Crippen molar-refractivity contribution in [3.63, 3.8) is 0 Å². The molecule has 0 spiro atoms. The largest absolute Gasteiger partial charge is 0.500 e. The van der Waals surface area contributed by atoms with Crippen LogP contribution in [0.25, 0.3) is 0 Å². The van der Waals surface area contributed by atoms with E-state index in [9.17, 15) is 9.18 Å². The molecular formula is C12H16BFN2O3. The number of pyridine rings is 1. The van der Waals surface area contributed by atoms with Gasteiger partial charge in [-0.1, -0.05) is 0 Å². The van der Waals surface area contributed by atoms with Crippen LogP contribution in [-0.2, 0) is 9.31 Å². The minimum absolute atomic E-state index is 0.0475. The van der Waals surface area contributed by atoms with Gasteiger partial charge in [-0.05, 0) is 33.8 Å². The third kappa shape index (κ3) is 2.23. The van der Waals surface area contributed by atoms with Crippen LogP contribution in [0.4, 0.5) is 4.39 Å². The first-order chi connectivity index (χ1) is 8.66. The normalized spacial score (nSPS) is 20.6. The molecule has 1 aliphatic heterocycles. The van der Waals surface area contributed by atoms with E-state index in [1.807, 2.05) is 27.7 Å². The third-order valence-electron chi connectivity index (χ3n) is 3.66. The van der Waals surface area contributed by atoms with E-state index in [4.69, 9.17) is 15.0 Å². The number of carbonyl (C=O) groups is 1. The van der Waals surface area contributed by atoms with Crippen molar-refractivity contribution in [1.82, 2.24) is 4.98 Å². The van der Waals surface area contributed by atoms with Crippen molar-refractivity contribution in [1.29, 1.82) is 0 Å². The Bertz CT molecular complexity index is 518. The molecule has 1 saturated heterocycles. The van der Waals surface area contributed by atoms with Gasteiger partial charge in [0, 0.05) is 11.7 Å². The van der Waals surface area contributed by atoms with Gasteiger partial charge in [0.2, 0.25) is 0 Å². The number of amides is 1.